The van der Waals surface area contributed by atoms with Gasteiger partial charge in [-0.05, 0) is 66.6 Å². The van der Waals surface area contributed by atoms with Crippen LogP contribution in [0.3, 0.4) is 0 Å². The maximum Gasteiger partial charge on any atom is 0.271 e. The van der Waals surface area contributed by atoms with E-state index in [1.807, 2.05) is 73.7 Å². The van der Waals surface area contributed by atoms with Crippen LogP contribution in [0.25, 0.3) is 10.9 Å². The number of nitrogens with zero attached hydrogens (tertiary/aromatic N) is 2. The largest absolute Gasteiger partial charge is 0.497 e. The molecular weight excluding hydrogens is 402 g/mol. The molecule has 3 aromatic carbocycles. The molecule has 6 heteroatoms. The van der Waals surface area contributed by atoms with E-state index in [0.29, 0.717) is 17.9 Å². The Labute approximate surface area is 186 Å². The molecule has 1 N–H and O–H groups in total. The molecule has 0 saturated carbocycles. The monoisotopic (exact) mass is 425 g/mol. The highest BCUT2D eigenvalue weighted by Crippen LogP contribution is 2.24. The molecule has 4 aromatic rings. The fourth-order valence-electron chi connectivity index (χ4n) is 3.20. The van der Waals surface area contributed by atoms with Gasteiger partial charge in [0.1, 0.15) is 23.6 Å². The van der Waals surface area contributed by atoms with Crippen molar-refractivity contribution in [2.24, 2.45) is 5.10 Å². The zero-order valence-corrected chi connectivity index (χ0v) is 17.9. The van der Waals surface area contributed by atoms with E-state index in [0.717, 1.165) is 33.5 Å². The van der Waals surface area contributed by atoms with Crippen LogP contribution in [0.4, 0.5) is 0 Å². The topological polar surface area (TPSA) is 72.8 Å². The molecule has 0 aliphatic rings. The van der Waals surface area contributed by atoms with E-state index in [1.165, 1.54) is 0 Å². The number of hydrogen-bond donors (Lipinski definition) is 1. The predicted octanol–water partition coefficient (Wildman–Crippen LogP) is 4.98. The van der Waals surface area contributed by atoms with Crippen LogP contribution in [-0.2, 0) is 6.61 Å². The highest BCUT2D eigenvalue weighted by Gasteiger charge is 2.07. The lowest BCUT2D eigenvalue weighted by Crippen LogP contribution is -2.19. The predicted molar refractivity (Wildman–Crippen MR) is 125 cm³/mol. The molecule has 0 atom stereocenters. The first-order valence-electron chi connectivity index (χ1n) is 10.2. The van der Waals surface area contributed by atoms with Crippen LogP contribution in [0.5, 0.6) is 11.5 Å². The number of amides is 1. The number of carbonyl (C=O) groups excluding carboxylic acids is 1. The Morgan fingerprint density at radius 1 is 0.938 bits per heavy atom. The van der Waals surface area contributed by atoms with Gasteiger partial charge in [0.2, 0.25) is 0 Å². The number of hydrogen-bond acceptors (Lipinski definition) is 5. The molecule has 0 bridgehead atoms. The third-order valence-electron chi connectivity index (χ3n) is 5.04. The van der Waals surface area contributed by atoms with Gasteiger partial charge in [-0.1, -0.05) is 30.3 Å². The Morgan fingerprint density at radius 3 is 2.41 bits per heavy atom. The Balaban J connectivity index is 1.36. The Morgan fingerprint density at radius 2 is 1.66 bits per heavy atom. The summed E-state index contributed by atoms with van der Waals surface area (Å²) in [5.41, 5.74) is 6.51. The number of methoxy groups -OCH3 is 1. The summed E-state index contributed by atoms with van der Waals surface area (Å²) in [6.07, 6.45) is 1.75. The van der Waals surface area contributed by atoms with Gasteiger partial charge in [0.25, 0.3) is 5.91 Å². The average molecular weight is 425 g/mol. The summed E-state index contributed by atoms with van der Waals surface area (Å²) in [7, 11) is 1.62. The molecule has 0 aliphatic heterocycles. The van der Waals surface area contributed by atoms with E-state index in [-0.39, 0.29) is 5.91 Å². The lowest BCUT2D eigenvalue weighted by molar-refractivity contribution is 0.0955. The number of ether oxygens (including phenoxy) is 2. The van der Waals surface area contributed by atoms with E-state index < -0.39 is 0 Å². The molecule has 1 amide bonds. The van der Waals surface area contributed by atoms with Crippen molar-refractivity contribution in [1.82, 2.24) is 10.4 Å². The number of fused-ring (bicyclic) bond motifs is 1. The van der Waals surface area contributed by atoms with Gasteiger partial charge in [0.05, 0.1) is 12.8 Å². The number of carbonyl (C=O) groups is 1. The lowest BCUT2D eigenvalue weighted by atomic mass is 10.1. The van der Waals surface area contributed by atoms with Crippen molar-refractivity contribution in [3.8, 4) is 11.5 Å². The number of pyridine rings is 1. The summed E-state index contributed by atoms with van der Waals surface area (Å²) in [5, 5.41) is 5.23. The third-order valence-corrected chi connectivity index (χ3v) is 5.04. The third kappa shape index (κ3) is 4.92. The smallest absolute Gasteiger partial charge is 0.271 e. The normalized spacial score (nSPS) is 11.2. The number of benzene rings is 3. The van der Waals surface area contributed by atoms with Gasteiger partial charge in [-0.3, -0.25) is 9.78 Å². The van der Waals surface area contributed by atoms with Crippen molar-refractivity contribution in [3.05, 3.63) is 102 Å². The second kappa shape index (κ2) is 9.75. The summed E-state index contributed by atoms with van der Waals surface area (Å²) in [5.74, 6) is 1.23. The molecule has 6 nitrogen and oxygen atoms in total. The first kappa shape index (κ1) is 21.1. The quantitative estimate of drug-likeness (QED) is 0.335. The molecule has 160 valence electrons. The minimum absolute atomic E-state index is 0.274. The number of aromatic nitrogens is 1. The van der Waals surface area contributed by atoms with Crippen molar-refractivity contribution < 1.29 is 14.3 Å². The lowest BCUT2D eigenvalue weighted by Gasteiger charge is -2.09. The van der Waals surface area contributed by atoms with Crippen LogP contribution in [-0.4, -0.2) is 23.7 Å². The van der Waals surface area contributed by atoms with E-state index in [9.17, 15) is 4.79 Å². The highest BCUT2D eigenvalue weighted by atomic mass is 16.5. The van der Waals surface area contributed by atoms with Gasteiger partial charge >= 0.3 is 0 Å². The van der Waals surface area contributed by atoms with Crippen molar-refractivity contribution in [1.29, 1.82) is 0 Å². The van der Waals surface area contributed by atoms with E-state index in [4.69, 9.17) is 9.47 Å². The molecule has 4 rings (SSSR count). The van der Waals surface area contributed by atoms with E-state index in [2.05, 4.69) is 15.5 Å². The van der Waals surface area contributed by atoms with Crippen molar-refractivity contribution in [3.63, 3.8) is 0 Å². The summed E-state index contributed by atoms with van der Waals surface area (Å²) in [6.45, 7) is 2.22. The van der Waals surface area contributed by atoms with Crippen LogP contribution < -0.4 is 14.9 Å². The Bertz CT molecular complexity index is 1240. The fourth-order valence-corrected chi connectivity index (χ4v) is 3.20. The van der Waals surface area contributed by atoms with Crippen LogP contribution >= 0.6 is 0 Å². The molecule has 0 saturated heterocycles. The highest BCUT2D eigenvalue weighted by molar-refractivity contribution is 6.00. The maximum absolute atomic E-state index is 12.4. The number of hydrazone groups is 1. The number of para-hydroxylation sites is 1. The van der Waals surface area contributed by atoms with Gasteiger partial charge in [-0.25, -0.2) is 5.43 Å². The molecule has 0 unspecified atom stereocenters. The number of rotatable bonds is 7. The molecule has 1 aromatic heterocycles. The molecular formula is C26H23N3O3. The minimum Gasteiger partial charge on any atom is -0.497 e. The van der Waals surface area contributed by atoms with Crippen LogP contribution in [0, 0.1) is 0 Å². The maximum atomic E-state index is 12.4. The molecule has 0 radical (unpaired) electrons. The molecule has 0 aliphatic carbocycles. The molecule has 0 fully saturated rings. The first-order valence-corrected chi connectivity index (χ1v) is 10.2. The zero-order chi connectivity index (χ0) is 22.3. The first-order chi connectivity index (χ1) is 15.6. The van der Waals surface area contributed by atoms with E-state index >= 15 is 0 Å². The van der Waals surface area contributed by atoms with Crippen molar-refractivity contribution in [2.75, 3.05) is 7.11 Å². The second-order valence-electron chi connectivity index (χ2n) is 7.18. The summed E-state index contributed by atoms with van der Waals surface area (Å²) < 4.78 is 11.1. The van der Waals surface area contributed by atoms with Crippen molar-refractivity contribution >= 4 is 22.5 Å². The number of nitrogens with one attached hydrogen (secondary N) is 1. The van der Waals surface area contributed by atoms with E-state index in [1.54, 1.807) is 25.4 Å². The summed E-state index contributed by atoms with van der Waals surface area (Å²) in [4.78, 5) is 16.8. The average Bonchev–Trinajstić information content (AvgIpc) is 2.86. The molecule has 32 heavy (non-hydrogen) atoms. The van der Waals surface area contributed by atoms with Gasteiger partial charge < -0.3 is 9.47 Å². The van der Waals surface area contributed by atoms with Gasteiger partial charge in [-0.15, -0.1) is 0 Å². The van der Waals surface area contributed by atoms with Gasteiger partial charge in [0, 0.05) is 17.1 Å². The SMILES string of the molecule is COc1ccc(/C(C)=N\NC(=O)c2ccc(COc3cccc4cccnc34)cc2)cc1. The molecule has 1 heterocycles. The Kier molecular flexibility index (Phi) is 6.41. The summed E-state index contributed by atoms with van der Waals surface area (Å²) >= 11 is 0. The second-order valence-corrected chi connectivity index (χ2v) is 7.18. The fraction of sp³-hybridized carbons (Fsp3) is 0.115. The van der Waals surface area contributed by atoms with Gasteiger partial charge in [-0.2, -0.15) is 5.10 Å². The van der Waals surface area contributed by atoms with Crippen LogP contribution in [0.2, 0.25) is 0 Å². The Hall–Kier alpha value is -4.19. The zero-order valence-electron chi connectivity index (χ0n) is 17.9. The van der Waals surface area contributed by atoms with Gasteiger partial charge in [0.15, 0.2) is 0 Å². The molecule has 0 spiro atoms. The minimum atomic E-state index is -0.274. The van der Waals surface area contributed by atoms with Crippen molar-refractivity contribution in [2.45, 2.75) is 13.5 Å². The standard InChI is InChI=1S/C26H23N3O3/c1-18(20-12-14-23(31-2)15-13-20)28-29-26(30)22-10-8-19(9-11-22)17-32-24-7-3-5-21-6-4-16-27-25(21)24/h3-16H,17H2,1-2H3,(H,29,30)/b28-18-. The van der Waals surface area contributed by atoms with Crippen LogP contribution in [0.1, 0.15) is 28.4 Å². The summed E-state index contributed by atoms with van der Waals surface area (Å²) in [6, 6.07) is 24.5. The van der Waals surface area contributed by atoms with Crippen LogP contribution in [0.15, 0.2) is 90.2 Å².